The first-order chi connectivity index (χ1) is 11.3. The number of Topliss-reactive ketones (excluding diaryl/α,β-unsaturated/α-hetero) is 1. The average Bonchev–Trinajstić information content (AvgIpc) is 2.90. The normalized spacial score (nSPS) is 19.6. The lowest BCUT2D eigenvalue weighted by Gasteiger charge is -2.27. The van der Waals surface area contributed by atoms with Crippen molar-refractivity contribution in [2.75, 3.05) is 0 Å². The number of carbonyl (C=O) groups excluding carboxylic acids is 1. The van der Waals surface area contributed by atoms with E-state index in [1.807, 2.05) is 54.6 Å². The Balaban J connectivity index is 1.85. The van der Waals surface area contributed by atoms with Crippen LogP contribution >= 0.6 is 11.8 Å². The molecule has 1 aliphatic carbocycles. The van der Waals surface area contributed by atoms with Crippen molar-refractivity contribution in [3.05, 3.63) is 102 Å². The maximum Gasteiger partial charge on any atom is 0.184 e. The Hall–Kier alpha value is -2.32. The van der Waals surface area contributed by atoms with Crippen molar-refractivity contribution in [3.63, 3.8) is 0 Å². The monoisotopic (exact) mass is 316 g/mol. The molecule has 3 aromatic carbocycles. The van der Waals surface area contributed by atoms with Crippen LogP contribution in [-0.2, 0) is 11.2 Å². The number of ketones is 1. The lowest BCUT2D eigenvalue weighted by molar-refractivity contribution is 0.0956. The minimum absolute atomic E-state index is 0.216. The predicted molar refractivity (Wildman–Crippen MR) is 94.9 cm³/mol. The Morgan fingerprint density at radius 2 is 1.35 bits per heavy atom. The molecule has 1 atom stereocenters. The zero-order valence-electron chi connectivity index (χ0n) is 12.6. The number of rotatable bonds is 3. The summed E-state index contributed by atoms with van der Waals surface area (Å²) in [7, 11) is 0. The summed E-state index contributed by atoms with van der Waals surface area (Å²) in [6.45, 7) is 0. The summed E-state index contributed by atoms with van der Waals surface area (Å²) < 4.78 is -0.563. The third-order valence-electron chi connectivity index (χ3n) is 4.34. The summed E-state index contributed by atoms with van der Waals surface area (Å²) in [6, 6.07) is 28.3. The highest BCUT2D eigenvalue weighted by molar-refractivity contribution is 8.01. The van der Waals surface area contributed by atoms with Gasteiger partial charge in [-0.2, -0.15) is 0 Å². The molecule has 112 valence electrons. The number of thioether (sulfide) groups is 1. The van der Waals surface area contributed by atoms with Gasteiger partial charge in [-0.15, -0.1) is 11.8 Å². The Bertz CT molecular complexity index is 842. The van der Waals surface area contributed by atoms with E-state index in [0.717, 1.165) is 28.0 Å². The van der Waals surface area contributed by atoms with Crippen LogP contribution in [0.25, 0.3) is 0 Å². The van der Waals surface area contributed by atoms with Gasteiger partial charge < -0.3 is 0 Å². The number of hydrogen-bond donors (Lipinski definition) is 0. The molecule has 0 aromatic heterocycles. The highest BCUT2D eigenvalue weighted by Gasteiger charge is 2.47. The van der Waals surface area contributed by atoms with E-state index in [9.17, 15) is 4.79 Å². The van der Waals surface area contributed by atoms with E-state index in [2.05, 4.69) is 30.3 Å². The fraction of sp³-hybridized carbons (Fsp3) is 0.0952. The molecule has 1 nitrogen and oxygen atoms in total. The van der Waals surface area contributed by atoms with E-state index in [1.165, 1.54) is 0 Å². The first-order valence-electron chi connectivity index (χ1n) is 7.72. The molecule has 2 heteroatoms. The zero-order valence-corrected chi connectivity index (χ0v) is 13.4. The fourth-order valence-corrected chi connectivity index (χ4v) is 4.61. The highest BCUT2D eigenvalue weighted by atomic mass is 32.2. The van der Waals surface area contributed by atoms with Gasteiger partial charge in [0.15, 0.2) is 5.78 Å². The van der Waals surface area contributed by atoms with Gasteiger partial charge in [0, 0.05) is 10.5 Å². The van der Waals surface area contributed by atoms with Crippen molar-refractivity contribution >= 4 is 17.5 Å². The molecule has 0 spiro atoms. The zero-order chi connectivity index (χ0) is 15.7. The standard InChI is InChI=1S/C21H16OS/c22-20-19-14-8-7-9-16(19)15-21(20,17-10-3-1-4-11-17)23-18-12-5-2-6-13-18/h1-14H,15H2. The summed E-state index contributed by atoms with van der Waals surface area (Å²) in [5, 5.41) is 0. The Labute approximate surface area is 140 Å². The van der Waals surface area contributed by atoms with Gasteiger partial charge in [0.1, 0.15) is 4.75 Å². The summed E-state index contributed by atoms with van der Waals surface area (Å²) in [6.07, 6.45) is 0.742. The molecule has 1 unspecified atom stereocenters. The summed E-state index contributed by atoms with van der Waals surface area (Å²) >= 11 is 1.67. The van der Waals surface area contributed by atoms with Crippen molar-refractivity contribution in [1.29, 1.82) is 0 Å². The van der Waals surface area contributed by atoms with Crippen LogP contribution in [0.4, 0.5) is 0 Å². The first-order valence-corrected chi connectivity index (χ1v) is 8.53. The molecule has 3 aromatic rings. The van der Waals surface area contributed by atoms with Gasteiger partial charge in [-0.1, -0.05) is 72.8 Å². The van der Waals surface area contributed by atoms with E-state index in [0.29, 0.717) is 0 Å². The molecule has 0 saturated carbocycles. The first kappa shape index (κ1) is 14.3. The highest BCUT2D eigenvalue weighted by Crippen LogP contribution is 2.50. The minimum Gasteiger partial charge on any atom is -0.292 e. The molecule has 23 heavy (non-hydrogen) atoms. The lowest BCUT2D eigenvalue weighted by atomic mass is 9.94. The van der Waals surface area contributed by atoms with Crippen LogP contribution in [0.3, 0.4) is 0 Å². The SMILES string of the molecule is O=C1c2ccccc2CC1(Sc1ccccc1)c1ccccc1. The van der Waals surface area contributed by atoms with Crippen LogP contribution in [-0.4, -0.2) is 5.78 Å². The van der Waals surface area contributed by atoms with Gasteiger partial charge in [-0.25, -0.2) is 0 Å². The van der Waals surface area contributed by atoms with E-state index in [-0.39, 0.29) is 5.78 Å². The van der Waals surface area contributed by atoms with Gasteiger partial charge in [-0.05, 0) is 29.7 Å². The van der Waals surface area contributed by atoms with Crippen LogP contribution in [0.15, 0.2) is 89.8 Å². The molecule has 0 fully saturated rings. The average molecular weight is 316 g/mol. The molecule has 0 aliphatic heterocycles. The van der Waals surface area contributed by atoms with Gasteiger partial charge in [-0.3, -0.25) is 4.79 Å². The Morgan fingerprint density at radius 3 is 2.04 bits per heavy atom. The summed E-state index contributed by atoms with van der Waals surface area (Å²) in [4.78, 5) is 14.4. The molecule has 0 saturated heterocycles. The second-order valence-corrected chi connectivity index (χ2v) is 7.14. The smallest absolute Gasteiger partial charge is 0.184 e. The maximum absolute atomic E-state index is 13.3. The van der Waals surface area contributed by atoms with Crippen LogP contribution in [0, 0.1) is 0 Å². The third-order valence-corrected chi connectivity index (χ3v) is 5.77. The van der Waals surface area contributed by atoms with E-state index < -0.39 is 4.75 Å². The third kappa shape index (κ3) is 2.40. The lowest BCUT2D eigenvalue weighted by Crippen LogP contribution is -2.29. The molecule has 0 radical (unpaired) electrons. The van der Waals surface area contributed by atoms with Crippen molar-refractivity contribution in [1.82, 2.24) is 0 Å². The minimum atomic E-state index is -0.563. The molecular weight excluding hydrogens is 300 g/mol. The molecule has 0 N–H and O–H groups in total. The molecule has 0 amide bonds. The van der Waals surface area contributed by atoms with Crippen LogP contribution in [0.2, 0.25) is 0 Å². The van der Waals surface area contributed by atoms with Crippen LogP contribution in [0.1, 0.15) is 21.5 Å². The number of fused-ring (bicyclic) bond motifs is 1. The molecule has 4 rings (SSSR count). The quantitative estimate of drug-likeness (QED) is 0.667. The largest absolute Gasteiger partial charge is 0.292 e. The van der Waals surface area contributed by atoms with Crippen molar-refractivity contribution in [2.24, 2.45) is 0 Å². The van der Waals surface area contributed by atoms with E-state index >= 15 is 0 Å². The fourth-order valence-electron chi connectivity index (χ4n) is 3.23. The van der Waals surface area contributed by atoms with Crippen molar-refractivity contribution in [2.45, 2.75) is 16.1 Å². The molecule has 1 aliphatic rings. The predicted octanol–water partition coefficient (Wildman–Crippen LogP) is 5.11. The van der Waals surface area contributed by atoms with Gasteiger partial charge in [0.2, 0.25) is 0 Å². The number of carbonyl (C=O) groups is 1. The van der Waals surface area contributed by atoms with Gasteiger partial charge in [0.05, 0.1) is 0 Å². The molecule has 0 heterocycles. The second-order valence-electron chi connectivity index (χ2n) is 5.77. The second kappa shape index (κ2) is 5.71. The van der Waals surface area contributed by atoms with Gasteiger partial charge >= 0.3 is 0 Å². The molecular formula is C21H16OS. The number of hydrogen-bond acceptors (Lipinski definition) is 2. The van der Waals surface area contributed by atoms with Crippen molar-refractivity contribution < 1.29 is 4.79 Å². The maximum atomic E-state index is 13.3. The van der Waals surface area contributed by atoms with Crippen LogP contribution in [0.5, 0.6) is 0 Å². The topological polar surface area (TPSA) is 17.1 Å². The number of benzene rings is 3. The Morgan fingerprint density at radius 1 is 0.739 bits per heavy atom. The van der Waals surface area contributed by atoms with Gasteiger partial charge in [0.25, 0.3) is 0 Å². The Kier molecular flexibility index (Phi) is 3.55. The van der Waals surface area contributed by atoms with E-state index in [4.69, 9.17) is 0 Å². The summed E-state index contributed by atoms with van der Waals surface area (Å²) in [5.74, 6) is 0.216. The van der Waals surface area contributed by atoms with E-state index in [1.54, 1.807) is 11.8 Å². The summed E-state index contributed by atoms with van der Waals surface area (Å²) in [5.41, 5.74) is 3.08. The molecule has 0 bridgehead atoms. The van der Waals surface area contributed by atoms with Crippen molar-refractivity contribution in [3.8, 4) is 0 Å². The van der Waals surface area contributed by atoms with Crippen LogP contribution < -0.4 is 0 Å².